The summed E-state index contributed by atoms with van der Waals surface area (Å²) in [6.45, 7) is 0. The fourth-order valence-electron chi connectivity index (χ4n) is 2.36. The first-order valence-electron chi connectivity index (χ1n) is 8.74. The molecular formula is C18H22N5O5S+. The van der Waals surface area contributed by atoms with Crippen LogP contribution in [0, 0.1) is 0 Å². The first-order valence-corrected chi connectivity index (χ1v) is 9.62. The summed E-state index contributed by atoms with van der Waals surface area (Å²) in [5, 5.41) is 31.4. The number of thiazole rings is 1. The Labute approximate surface area is 170 Å². The number of carboxylic acids is 2. The van der Waals surface area contributed by atoms with Gasteiger partial charge in [-0.05, 0) is 53.1 Å². The van der Waals surface area contributed by atoms with E-state index in [-0.39, 0.29) is 31.6 Å². The van der Waals surface area contributed by atoms with Crippen molar-refractivity contribution in [3.63, 3.8) is 0 Å². The maximum absolute atomic E-state index is 12.0. The maximum Gasteiger partial charge on any atom is 0.408 e. The van der Waals surface area contributed by atoms with Crippen LogP contribution in [-0.4, -0.2) is 34.1 Å². The molecule has 0 bridgehead atoms. The third kappa shape index (κ3) is 7.05. The smallest absolute Gasteiger partial charge is 0.408 e. The summed E-state index contributed by atoms with van der Waals surface area (Å²) in [5.41, 5.74) is 6.98. The molecule has 1 heterocycles. The van der Waals surface area contributed by atoms with Crippen molar-refractivity contribution in [1.29, 1.82) is 0 Å². The van der Waals surface area contributed by atoms with Gasteiger partial charge >= 0.3 is 17.1 Å². The van der Waals surface area contributed by atoms with Crippen LogP contribution in [0.4, 0.5) is 16.5 Å². The number of carbonyl (C=O) groups is 3. The average molecular weight is 420 g/mol. The number of azo groups is 1. The molecule has 0 aliphatic heterocycles. The van der Waals surface area contributed by atoms with Crippen LogP contribution in [0.5, 0.6) is 0 Å². The zero-order valence-electron chi connectivity index (χ0n) is 15.7. The molecule has 0 aliphatic carbocycles. The van der Waals surface area contributed by atoms with Crippen molar-refractivity contribution in [2.75, 3.05) is 5.32 Å². The van der Waals surface area contributed by atoms with Crippen LogP contribution in [0.2, 0.25) is 0 Å². The lowest BCUT2D eigenvalue weighted by Crippen LogP contribution is -2.31. The van der Waals surface area contributed by atoms with Crippen LogP contribution in [0.15, 0.2) is 40.0 Å². The predicted octanol–water partition coefficient (Wildman–Crippen LogP) is 2.14. The number of carbonyl (C=O) groups excluding carboxylic acids is 1. The quantitative estimate of drug-likeness (QED) is 0.340. The van der Waals surface area contributed by atoms with Crippen molar-refractivity contribution in [2.45, 2.75) is 31.7 Å². The Bertz CT molecular complexity index is 927. The van der Waals surface area contributed by atoms with Crippen molar-refractivity contribution < 1.29 is 29.2 Å². The maximum atomic E-state index is 12.0. The van der Waals surface area contributed by atoms with E-state index in [0.29, 0.717) is 22.1 Å². The van der Waals surface area contributed by atoms with E-state index in [1.54, 1.807) is 18.2 Å². The highest BCUT2D eigenvalue weighted by molar-refractivity contribution is 7.12. The summed E-state index contributed by atoms with van der Waals surface area (Å²) in [6, 6.07) is 3.81. The number of benzene rings is 1. The van der Waals surface area contributed by atoms with E-state index >= 15 is 0 Å². The number of anilines is 1. The van der Waals surface area contributed by atoms with Gasteiger partial charge in [-0.2, -0.15) is 0 Å². The molecule has 154 valence electrons. The van der Waals surface area contributed by atoms with E-state index in [4.69, 9.17) is 15.9 Å². The predicted molar refractivity (Wildman–Crippen MR) is 106 cm³/mol. The Balaban J connectivity index is 2.14. The Morgan fingerprint density at radius 3 is 2.62 bits per heavy atom. The summed E-state index contributed by atoms with van der Waals surface area (Å²) in [4.78, 5) is 33.7. The normalized spacial score (nSPS) is 12.1. The monoisotopic (exact) mass is 420 g/mol. The molecule has 0 fully saturated rings. The zero-order chi connectivity index (χ0) is 21.4. The number of nitrogens with zero attached hydrogens (tertiary/aromatic N) is 3. The number of aryl methyl sites for hydroxylation is 2. The van der Waals surface area contributed by atoms with E-state index in [0.717, 1.165) is 0 Å². The minimum Gasteiger partial charge on any atom is -0.481 e. The SMILES string of the molecule is C[n+]1ccsc1N=Nc1ccc(NC(=O)CCC(N)C(=O)O)cc1CCC(=O)O. The van der Waals surface area contributed by atoms with Gasteiger partial charge in [0.05, 0.1) is 12.2 Å². The number of aromatic nitrogens is 1. The van der Waals surface area contributed by atoms with Gasteiger partial charge in [0.15, 0.2) is 0 Å². The minimum absolute atomic E-state index is 0.0111. The molecule has 11 heteroatoms. The largest absolute Gasteiger partial charge is 0.481 e. The summed E-state index contributed by atoms with van der Waals surface area (Å²) in [7, 11) is 1.84. The molecule has 0 saturated heterocycles. The van der Waals surface area contributed by atoms with Crippen LogP contribution in [-0.2, 0) is 27.9 Å². The lowest BCUT2D eigenvalue weighted by atomic mass is 10.1. The number of nitrogens with one attached hydrogen (secondary N) is 1. The van der Waals surface area contributed by atoms with E-state index in [1.807, 2.05) is 23.2 Å². The van der Waals surface area contributed by atoms with Gasteiger partial charge in [-0.1, -0.05) is 0 Å². The number of rotatable bonds is 10. The van der Waals surface area contributed by atoms with Gasteiger partial charge in [-0.25, -0.2) is 4.57 Å². The van der Waals surface area contributed by atoms with Gasteiger partial charge in [-0.15, -0.1) is 0 Å². The van der Waals surface area contributed by atoms with E-state index in [9.17, 15) is 14.4 Å². The summed E-state index contributed by atoms with van der Waals surface area (Å²) >= 11 is 1.41. The Hall–Kier alpha value is -3.18. The average Bonchev–Trinajstić information content (AvgIpc) is 3.08. The minimum atomic E-state index is -1.16. The van der Waals surface area contributed by atoms with Gasteiger partial charge in [0.25, 0.3) is 0 Å². The van der Waals surface area contributed by atoms with Gasteiger partial charge in [0.1, 0.15) is 17.9 Å². The number of aliphatic carboxylic acids is 2. The van der Waals surface area contributed by atoms with Gasteiger partial charge in [-0.3, -0.25) is 14.4 Å². The number of carboxylic acid groups (broad SMARTS) is 2. The second-order valence-electron chi connectivity index (χ2n) is 6.27. The van der Waals surface area contributed by atoms with Crippen LogP contribution >= 0.6 is 11.3 Å². The summed E-state index contributed by atoms with van der Waals surface area (Å²) in [5.74, 6) is -2.50. The molecule has 1 aromatic carbocycles. The Kier molecular flexibility index (Phi) is 7.92. The molecule has 0 radical (unpaired) electrons. The summed E-state index contributed by atoms with van der Waals surface area (Å²) < 4.78 is 1.81. The van der Waals surface area contributed by atoms with Crippen molar-refractivity contribution in [2.24, 2.45) is 23.0 Å². The van der Waals surface area contributed by atoms with Crippen LogP contribution in [0.3, 0.4) is 0 Å². The Morgan fingerprint density at radius 2 is 2.00 bits per heavy atom. The molecule has 29 heavy (non-hydrogen) atoms. The number of amides is 1. The fourth-order valence-corrected chi connectivity index (χ4v) is 3.04. The van der Waals surface area contributed by atoms with Gasteiger partial charge < -0.3 is 21.3 Å². The van der Waals surface area contributed by atoms with Crippen molar-refractivity contribution in [3.8, 4) is 0 Å². The summed E-state index contributed by atoms with van der Waals surface area (Å²) in [6.07, 6.45) is 1.93. The van der Waals surface area contributed by atoms with E-state index in [2.05, 4.69) is 15.5 Å². The molecule has 0 aliphatic rings. The van der Waals surface area contributed by atoms with Gasteiger partial charge in [0.2, 0.25) is 5.91 Å². The molecular weight excluding hydrogens is 398 g/mol. The first kappa shape index (κ1) is 22.1. The molecule has 2 aromatic rings. The fraction of sp³-hybridized carbons (Fsp3) is 0.333. The lowest BCUT2D eigenvalue weighted by Gasteiger charge is -2.10. The first-order chi connectivity index (χ1) is 13.8. The van der Waals surface area contributed by atoms with Crippen LogP contribution in [0.1, 0.15) is 24.8 Å². The molecule has 0 saturated carbocycles. The third-order valence-corrected chi connectivity index (χ3v) is 4.81. The number of hydrogen-bond acceptors (Lipinski definition) is 7. The second-order valence-corrected chi connectivity index (χ2v) is 7.14. The molecule has 0 spiro atoms. The van der Waals surface area contributed by atoms with Crippen LogP contribution in [0.25, 0.3) is 0 Å². The highest BCUT2D eigenvalue weighted by atomic mass is 32.1. The van der Waals surface area contributed by atoms with Crippen molar-refractivity contribution in [1.82, 2.24) is 0 Å². The molecule has 1 atom stereocenters. The third-order valence-electron chi connectivity index (χ3n) is 3.97. The van der Waals surface area contributed by atoms with Gasteiger partial charge in [0, 0.05) is 23.9 Å². The number of hydrogen-bond donors (Lipinski definition) is 4. The van der Waals surface area contributed by atoms with Crippen molar-refractivity contribution in [3.05, 3.63) is 35.3 Å². The zero-order valence-corrected chi connectivity index (χ0v) is 16.6. The molecule has 1 aromatic heterocycles. The van der Waals surface area contributed by atoms with Crippen molar-refractivity contribution >= 4 is 45.7 Å². The topological polar surface area (TPSA) is 158 Å². The lowest BCUT2D eigenvalue weighted by molar-refractivity contribution is -0.654. The standard InChI is InChI=1S/C18H21N5O5S/c1-23-8-9-29-18(23)22-21-14-5-3-12(10-11(14)2-7-16(25)26)20-15(24)6-4-13(19)17(27)28/h3,5,8-10,13H,2,4,6-7,19H2,1H3,(H2,25,26,27,28)/p+1. The molecule has 1 amide bonds. The Morgan fingerprint density at radius 1 is 1.24 bits per heavy atom. The van der Waals surface area contributed by atoms with E-state index < -0.39 is 18.0 Å². The molecule has 1 unspecified atom stereocenters. The van der Waals surface area contributed by atoms with Crippen LogP contribution < -0.4 is 15.6 Å². The second kappa shape index (κ2) is 10.4. The molecule has 5 N–H and O–H groups in total. The molecule has 2 rings (SSSR count). The molecule has 10 nitrogen and oxygen atoms in total. The highest BCUT2D eigenvalue weighted by Gasteiger charge is 2.15. The number of nitrogens with two attached hydrogens (primary N) is 1. The van der Waals surface area contributed by atoms with E-state index in [1.165, 1.54) is 11.3 Å². The highest BCUT2D eigenvalue weighted by Crippen LogP contribution is 2.27.